The second kappa shape index (κ2) is 6.72. The molecule has 0 amide bonds. The third-order valence-electron chi connectivity index (χ3n) is 3.18. The standard InChI is InChI=1S/C16H25BrO/c1-12(2)10-18-16(5,11-17)15-8-6-14(7-9-15)13(3)4/h6-9,12-13H,10-11H2,1-5H3. The fraction of sp³-hybridized carbons (Fsp3) is 0.625. The van der Waals surface area contributed by atoms with E-state index in [2.05, 4.69) is 74.8 Å². The van der Waals surface area contributed by atoms with E-state index in [0.29, 0.717) is 11.8 Å². The van der Waals surface area contributed by atoms with E-state index in [9.17, 15) is 0 Å². The van der Waals surface area contributed by atoms with Crippen LogP contribution < -0.4 is 0 Å². The molecule has 102 valence electrons. The summed E-state index contributed by atoms with van der Waals surface area (Å²) in [5, 5.41) is 0.813. The Morgan fingerprint density at radius 2 is 1.67 bits per heavy atom. The van der Waals surface area contributed by atoms with Crippen LogP contribution in [-0.2, 0) is 10.3 Å². The lowest BCUT2D eigenvalue weighted by atomic mass is 9.94. The van der Waals surface area contributed by atoms with Crippen LogP contribution in [0.15, 0.2) is 24.3 Å². The molecule has 1 aromatic rings. The van der Waals surface area contributed by atoms with Gasteiger partial charge in [-0.05, 0) is 29.9 Å². The van der Waals surface area contributed by atoms with Crippen molar-refractivity contribution in [1.29, 1.82) is 0 Å². The molecule has 1 rings (SSSR count). The maximum absolute atomic E-state index is 6.08. The first kappa shape index (κ1) is 15.7. The summed E-state index contributed by atoms with van der Waals surface area (Å²) in [6, 6.07) is 8.80. The molecule has 0 saturated heterocycles. The number of hydrogen-bond acceptors (Lipinski definition) is 1. The minimum Gasteiger partial charge on any atom is -0.369 e. The highest BCUT2D eigenvalue weighted by molar-refractivity contribution is 9.09. The molecule has 1 unspecified atom stereocenters. The highest BCUT2D eigenvalue weighted by Crippen LogP contribution is 2.29. The second-order valence-electron chi connectivity index (χ2n) is 5.85. The molecule has 0 saturated carbocycles. The first-order valence-corrected chi connectivity index (χ1v) is 7.81. The molecule has 1 aromatic carbocycles. The molecule has 0 aliphatic heterocycles. The Labute approximate surface area is 120 Å². The van der Waals surface area contributed by atoms with Gasteiger partial charge >= 0.3 is 0 Å². The lowest BCUT2D eigenvalue weighted by Crippen LogP contribution is -2.29. The van der Waals surface area contributed by atoms with Gasteiger partial charge in [0.2, 0.25) is 0 Å². The first-order valence-electron chi connectivity index (χ1n) is 6.69. The predicted octanol–water partition coefficient (Wildman–Crippen LogP) is 5.09. The van der Waals surface area contributed by atoms with Crippen LogP contribution in [0.4, 0.5) is 0 Å². The van der Waals surface area contributed by atoms with E-state index in [4.69, 9.17) is 4.74 Å². The van der Waals surface area contributed by atoms with Crippen molar-refractivity contribution >= 4 is 15.9 Å². The number of alkyl halides is 1. The van der Waals surface area contributed by atoms with E-state index in [-0.39, 0.29) is 5.60 Å². The predicted molar refractivity (Wildman–Crippen MR) is 82.5 cm³/mol. The van der Waals surface area contributed by atoms with E-state index in [1.807, 2.05) is 0 Å². The summed E-state index contributed by atoms with van der Waals surface area (Å²) in [6.07, 6.45) is 0. The Kier molecular flexibility index (Phi) is 5.87. The van der Waals surface area contributed by atoms with Crippen LogP contribution in [0.3, 0.4) is 0 Å². The number of hydrogen-bond donors (Lipinski definition) is 0. The summed E-state index contributed by atoms with van der Waals surface area (Å²) in [5.41, 5.74) is 2.38. The Hall–Kier alpha value is -0.340. The summed E-state index contributed by atoms with van der Waals surface area (Å²) in [4.78, 5) is 0. The fourth-order valence-corrected chi connectivity index (χ4v) is 2.26. The van der Waals surface area contributed by atoms with Crippen LogP contribution in [0.25, 0.3) is 0 Å². The molecule has 0 aliphatic rings. The van der Waals surface area contributed by atoms with Gasteiger partial charge in [-0.1, -0.05) is 67.9 Å². The van der Waals surface area contributed by atoms with Crippen molar-refractivity contribution in [3.63, 3.8) is 0 Å². The molecule has 1 atom stereocenters. The van der Waals surface area contributed by atoms with Crippen LogP contribution >= 0.6 is 15.9 Å². The largest absolute Gasteiger partial charge is 0.369 e. The van der Waals surface area contributed by atoms with Crippen molar-refractivity contribution in [2.24, 2.45) is 5.92 Å². The number of ether oxygens (including phenoxy) is 1. The third kappa shape index (κ3) is 4.10. The Morgan fingerprint density at radius 1 is 1.11 bits per heavy atom. The topological polar surface area (TPSA) is 9.23 Å². The van der Waals surface area contributed by atoms with Crippen molar-refractivity contribution in [3.8, 4) is 0 Å². The van der Waals surface area contributed by atoms with E-state index in [1.54, 1.807) is 0 Å². The highest BCUT2D eigenvalue weighted by Gasteiger charge is 2.26. The minimum absolute atomic E-state index is 0.236. The molecular weight excluding hydrogens is 288 g/mol. The summed E-state index contributed by atoms with van der Waals surface area (Å²) in [5.74, 6) is 1.13. The van der Waals surface area contributed by atoms with Gasteiger partial charge in [0.25, 0.3) is 0 Å². The Balaban J connectivity index is 2.86. The maximum atomic E-state index is 6.08. The van der Waals surface area contributed by atoms with Crippen LogP contribution in [0.5, 0.6) is 0 Å². The molecular formula is C16H25BrO. The molecule has 0 fully saturated rings. The smallest absolute Gasteiger partial charge is 0.0999 e. The molecule has 18 heavy (non-hydrogen) atoms. The van der Waals surface area contributed by atoms with Gasteiger partial charge in [0.05, 0.1) is 12.2 Å². The SMILES string of the molecule is CC(C)COC(C)(CBr)c1ccc(C(C)C)cc1. The number of benzene rings is 1. The molecule has 0 N–H and O–H groups in total. The second-order valence-corrected chi connectivity index (χ2v) is 6.41. The van der Waals surface area contributed by atoms with Crippen molar-refractivity contribution < 1.29 is 4.74 Å². The van der Waals surface area contributed by atoms with E-state index in [0.717, 1.165) is 11.9 Å². The molecule has 0 aliphatic carbocycles. The average Bonchev–Trinajstić information content (AvgIpc) is 2.36. The summed E-state index contributed by atoms with van der Waals surface area (Å²) < 4.78 is 6.08. The quantitative estimate of drug-likeness (QED) is 0.665. The van der Waals surface area contributed by atoms with Crippen molar-refractivity contribution in [2.75, 3.05) is 11.9 Å². The van der Waals surface area contributed by atoms with Crippen LogP contribution in [-0.4, -0.2) is 11.9 Å². The number of rotatable bonds is 6. The van der Waals surface area contributed by atoms with E-state index in [1.165, 1.54) is 11.1 Å². The molecule has 2 heteroatoms. The van der Waals surface area contributed by atoms with E-state index < -0.39 is 0 Å². The van der Waals surface area contributed by atoms with Gasteiger partial charge in [-0.3, -0.25) is 0 Å². The molecule has 0 spiro atoms. The highest BCUT2D eigenvalue weighted by atomic mass is 79.9. The molecule has 0 aromatic heterocycles. The van der Waals surface area contributed by atoms with Gasteiger partial charge in [-0.15, -0.1) is 0 Å². The maximum Gasteiger partial charge on any atom is 0.0999 e. The van der Waals surface area contributed by atoms with Crippen molar-refractivity contribution in [2.45, 2.75) is 46.1 Å². The zero-order valence-electron chi connectivity index (χ0n) is 12.2. The Morgan fingerprint density at radius 3 is 2.06 bits per heavy atom. The third-order valence-corrected chi connectivity index (χ3v) is 4.25. The van der Waals surface area contributed by atoms with Crippen LogP contribution in [0.2, 0.25) is 0 Å². The summed E-state index contributed by atoms with van der Waals surface area (Å²) >= 11 is 3.58. The van der Waals surface area contributed by atoms with Gasteiger partial charge in [0.1, 0.15) is 0 Å². The van der Waals surface area contributed by atoms with Crippen LogP contribution in [0.1, 0.15) is 51.7 Å². The van der Waals surface area contributed by atoms with Gasteiger partial charge < -0.3 is 4.74 Å². The minimum atomic E-state index is -0.236. The molecule has 0 radical (unpaired) electrons. The van der Waals surface area contributed by atoms with Gasteiger partial charge in [0, 0.05) is 5.33 Å². The molecule has 0 bridgehead atoms. The Bertz CT molecular complexity index is 356. The van der Waals surface area contributed by atoms with Gasteiger partial charge in [0.15, 0.2) is 0 Å². The lowest BCUT2D eigenvalue weighted by molar-refractivity contribution is -0.0301. The lowest BCUT2D eigenvalue weighted by Gasteiger charge is -2.29. The zero-order valence-corrected chi connectivity index (χ0v) is 13.8. The first-order chi connectivity index (χ1) is 8.39. The zero-order chi connectivity index (χ0) is 13.8. The average molecular weight is 313 g/mol. The van der Waals surface area contributed by atoms with Crippen molar-refractivity contribution in [3.05, 3.63) is 35.4 Å². The molecule has 1 nitrogen and oxygen atoms in total. The normalized spacial score (nSPS) is 15.1. The van der Waals surface area contributed by atoms with E-state index >= 15 is 0 Å². The summed E-state index contributed by atoms with van der Waals surface area (Å²) in [7, 11) is 0. The summed E-state index contributed by atoms with van der Waals surface area (Å²) in [6.45, 7) is 11.7. The van der Waals surface area contributed by atoms with Gasteiger partial charge in [-0.25, -0.2) is 0 Å². The monoisotopic (exact) mass is 312 g/mol. The number of halogens is 1. The fourth-order valence-electron chi connectivity index (χ4n) is 1.77. The molecule has 0 heterocycles. The van der Waals surface area contributed by atoms with Crippen LogP contribution in [0, 0.1) is 5.92 Å². The van der Waals surface area contributed by atoms with Gasteiger partial charge in [-0.2, -0.15) is 0 Å². The van der Waals surface area contributed by atoms with Crippen molar-refractivity contribution in [1.82, 2.24) is 0 Å².